The van der Waals surface area contributed by atoms with Crippen molar-refractivity contribution in [1.82, 2.24) is 4.72 Å². The van der Waals surface area contributed by atoms with Crippen LogP contribution < -0.4 is 10.5 Å². The van der Waals surface area contributed by atoms with Crippen LogP contribution in [0.1, 0.15) is 19.4 Å². The summed E-state index contributed by atoms with van der Waals surface area (Å²) in [5.41, 5.74) is 5.84. The number of sulfonamides is 1. The Balaban J connectivity index is 2.96. The average molecular weight is 290 g/mol. The molecule has 1 unspecified atom stereocenters. The first kappa shape index (κ1) is 16.0. The zero-order chi connectivity index (χ0) is 14.5. The van der Waals surface area contributed by atoms with Crippen LogP contribution in [0.5, 0.6) is 0 Å². The Morgan fingerprint density at radius 1 is 1.47 bits per heavy atom. The molecule has 0 aliphatic rings. The number of hydrogen-bond acceptors (Lipinski definition) is 4. The van der Waals surface area contributed by atoms with Gasteiger partial charge in [0.15, 0.2) is 0 Å². The number of benzene rings is 1. The summed E-state index contributed by atoms with van der Waals surface area (Å²) in [6, 6.07) is 3.12. The van der Waals surface area contributed by atoms with Crippen LogP contribution in [-0.4, -0.2) is 27.7 Å². The molecule has 5 nitrogen and oxygen atoms in total. The molecule has 0 aromatic heterocycles. The fourth-order valence-electron chi connectivity index (χ4n) is 1.60. The quantitative estimate of drug-likeness (QED) is 0.784. The number of nitrogens with one attached hydrogen (secondary N) is 1. The van der Waals surface area contributed by atoms with E-state index < -0.39 is 21.9 Å². The molecule has 0 amide bonds. The third-order valence-corrected chi connectivity index (χ3v) is 4.14. The highest BCUT2D eigenvalue weighted by Gasteiger charge is 2.21. The molecule has 0 fully saturated rings. The molecular formula is C12H19FN2O3S. The van der Waals surface area contributed by atoms with E-state index in [9.17, 15) is 12.8 Å². The van der Waals surface area contributed by atoms with Crippen molar-refractivity contribution < 1.29 is 17.5 Å². The van der Waals surface area contributed by atoms with Crippen LogP contribution in [0.25, 0.3) is 0 Å². The lowest BCUT2D eigenvalue weighted by atomic mass is 10.2. The molecule has 1 atom stereocenters. The predicted octanol–water partition coefficient (Wildman–Crippen LogP) is 0.988. The first-order valence-electron chi connectivity index (χ1n) is 5.99. The van der Waals surface area contributed by atoms with Crippen LogP contribution in [0, 0.1) is 5.82 Å². The summed E-state index contributed by atoms with van der Waals surface area (Å²) in [6.45, 7) is 4.27. The molecule has 0 heterocycles. The molecule has 0 bridgehead atoms. The van der Waals surface area contributed by atoms with E-state index >= 15 is 0 Å². The SMILES string of the molecule is CCOCC(C)NS(=O)(=O)c1cc(F)ccc1CN. The van der Waals surface area contributed by atoms with Gasteiger partial charge in [-0.1, -0.05) is 6.07 Å². The lowest BCUT2D eigenvalue weighted by molar-refractivity contribution is 0.133. The molecule has 7 heteroatoms. The van der Waals surface area contributed by atoms with Gasteiger partial charge in [0.2, 0.25) is 10.0 Å². The van der Waals surface area contributed by atoms with E-state index in [1.54, 1.807) is 6.92 Å². The first-order chi connectivity index (χ1) is 8.90. The van der Waals surface area contributed by atoms with Gasteiger partial charge in [-0.25, -0.2) is 17.5 Å². The highest BCUT2D eigenvalue weighted by Crippen LogP contribution is 2.17. The number of nitrogens with two attached hydrogens (primary N) is 1. The Kier molecular flexibility index (Phi) is 5.86. The van der Waals surface area contributed by atoms with Crippen LogP contribution in [0.4, 0.5) is 4.39 Å². The minimum atomic E-state index is -3.81. The average Bonchev–Trinajstić information content (AvgIpc) is 2.35. The molecule has 19 heavy (non-hydrogen) atoms. The molecule has 0 saturated heterocycles. The molecule has 0 spiro atoms. The van der Waals surface area contributed by atoms with Crippen molar-refractivity contribution >= 4 is 10.0 Å². The van der Waals surface area contributed by atoms with Gasteiger partial charge in [-0.15, -0.1) is 0 Å². The van der Waals surface area contributed by atoms with E-state index in [0.29, 0.717) is 12.2 Å². The lowest BCUT2D eigenvalue weighted by Gasteiger charge is -2.15. The van der Waals surface area contributed by atoms with Crippen LogP contribution in [0.15, 0.2) is 23.1 Å². The van der Waals surface area contributed by atoms with Gasteiger partial charge in [-0.05, 0) is 31.5 Å². The molecule has 0 saturated carbocycles. The monoisotopic (exact) mass is 290 g/mol. The maximum atomic E-state index is 13.2. The summed E-state index contributed by atoms with van der Waals surface area (Å²) in [7, 11) is -3.81. The Bertz CT molecular complexity index is 520. The second kappa shape index (κ2) is 6.95. The first-order valence-corrected chi connectivity index (χ1v) is 7.47. The lowest BCUT2D eigenvalue weighted by Crippen LogP contribution is -2.36. The Labute approximate surface area is 113 Å². The van der Waals surface area contributed by atoms with Gasteiger partial charge >= 0.3 is 0 Å². The van der Waals surface area contributed by atoms with Crippen LogP contribution in [0.3, 0.4) is 0 Å². The Morgan fingerprint density at radius 2 is 2.16 bits per heavy atom. The van der Waals surface area contributed by atoms with Crippen molar-refractivity contribution in [2.45, 2.75) is 31.3 Å². The van der Waals surface area contributed by atoms with Crippen molar-refractivity contribution in [3.63, 3.8) is 0 Å². The van der Waals surface area contributed by atoms with E-state index in [0.717, 1.165) is 6.07 Å². The zero-order valence-corrected chi connectivity index (χ0v) is 11.8. The smallest absolute Gasteiger partial charge is 0.241 e. The van der Waals surface area contributed by atoms with Crippen LogP contribution >= 0.6 is 0 Å². The number of hydrogen-bond donors (Lipinski definition) is 2. The van der Waals surface area contributed by atoms with E-state index in [1.165, 1.54) is 12.1 Å². The summed E-state index contributed by atoms with van der Waals surface area (Å²) < 4.78 is 45.1. The molecule has 0 aliphatic carbocycles. The van der Waals surface area contributed by atoms with Crippen molar-refractivity contribution in [2.24, 2.45) is 5.73 Å². The minimum absolute atomic E-state index is 0.0242. The van der Waals surface area contributed by atoms with Crippen molar-refractivity contribution in [1.29, 1.82) is 0 Å². The van der Waals surface area contributed by atoms with Gasteiger partial charge in [0.25, 0.3) is 0 Å². The van der Waals surface area contributed by atoms with Crippen molar-refractivity contribution in [3.05, 3.63) is 29.6 Å². The van der Waals surface area contributed by atoms with Gasteiger partial charge in [-0.3, -0.25) is 0 Å². The van der Waals surface area contributed by atoms with Gasteiger partial charge in [0.05, 0.1) is 11.5 Å². The van der Waals surface area contributed by atoms with E-state index in [1.807, 2.05) is 6.92 Å². The van der Waals surface area contributed by atoms with Crippen molar-refractivity contribution in [3.8, 4) is 0 Å². The molecular weight excluding hydrogens is 271 g/mol. The standard InChI is InChI=1S/C12H19FN2O3S/c1-3-18-8-9(2)15-19(16,17)12-6-11(13)5-4-10(12)7-14/h4-6,9,15H,3,7-8,14H2,1-2H3. The maximum Gasteiger partial charge on any atom is 0.241 e. The van der Waals surface area contributed by atoms with Crippen LogP contribution in [-0.2, 0) is 21.3 Å². The summed E-state index contributed by atoms with van der Waals surface area (Å²) in [5, 5.41) is 0. The van der Waals surface area contributed by atoms with Gasteiger partial charge in [0.1, 0.15) is 5.82 Å². The van der Waals surface area contributed by atoms with Crippen LogP contribution in [0.2, 0.25) is 0 Å². The maximum absolute atomic E-state index is 13.2. The second-order valence-electron chi connectivity index (χ2n) is 4.14. The normalized spacial score (nSPS) is 13.5. The summed E-state index contributed by atoms with van der Waals surface area (Å²) in [5.74, 6) is -0.616. The van der Waals surface area contributed by atoms with Crippen molar-refractivity contribution in [2.75, 3.05) is 13.2 Å². The number of halogens is 1. The Morgan fingerprint density at radius 3 is 2.74 bits per heavy atom. The summed E-state index contributed by atoms with van der Waals surface area (Å²) >= 11 is 0. The molecule has 1 aromatic rings. The van der Waals surface area contributed by atoms with Gasteiger partial charge < -0.3 is 10.5 Å². The second-order valence-corrected chi connectivity index (χ2v) is 5.82. The predicted molar refractivity (Wildman–Crippen MR) is 70.6 cm³/mol. The Hall–Kier alpha value is -1.02. The highest BCUT2D eigenvalue weighted by molar-refractivity contribution is 7.89. The third kappa shape index (κ3) is 4.54. The van der Waals surface area contributed by atoms with E-state index in [2.05, 4.69) is 4.72 Å². The largest absolute Gasteiger partial charge is 0.380 e. The number of rotatable bonds is 7. The molecule has 3 N–H and O–H groups in total. The summed E-state index contributed by atoms with van der Waals surface area (Å²) in [4.78, 5) is -0.127. The summed E-state index contributed by atoms with van der Waals surface area (Å²) in [6.07, 6.45) is 0. The molecule has 0 radical (unpaired) electrons. The molecule has 0 aliphatic heterocycles. The fraction of sp³-hybridized carbons (Fsp3) is 0.500. The van der Waals surface area contributed by atoms with E-state index in [4.69, 9.17) is 10.5 Å². The zero-order valence-electron chi connectivity index (χ0n) is 11.0. The van der Waals surface area contributed by atoms with E-state index in [-0.39, 0.29) is 18.0 Å². The number of ether oxygens (including phenoxy) is 1. The molecule has 108 valence electrons. The topological polar surface area (TPSA) is 81.4 Å². The van der Waals surface area contributed by atoms with Gasteiger partial charge in [-0.2, -0.15) is 0 Å². The van der Waals surface area contributed by atoms with Gasteiger partial charge in [0, 0.05) is 19.2 Å². The molecule has 1 rings (SSSR count). The highest BCUT2D eigenvalue weighted by atomic mass is 32.2. The fourth-order valence-corrected chi connectivity index (χ4v) is 3.09. The molecule has 1 aromatic carbocycles. The third-order valence-electron chi connectivity index (χ3n) is 2.47. The minimum Gasteiger partial charge on any atom is -0.380 e.